The van der Waals surface area contributed by atoms with Crippen LogP contribution >= 0.6 is 15.9 Å². The molecule has 1 aromatic rings. The van der Waals surface area contributed by atoms with Crippen molar-refractivity contribution in [3.63, 3.8) is 0 Å². The molecule has 0 aliphatic carbocycles. The van der Waals surface area contributed by atoms with Gasteiger partial charge in [0.1, 0.15) is 5.82 Å². The molecule has 1 aliphatic rings. The lowest BCUT2D eigenvalue weighted by molar-refractivity contribution is 0.347. The molecule has 0 aromatic heterocycles. The van der Waals surface area contributed by atoms with E-state index in [2.05, 4.69) is 21.2 Å². The van der Waals surface area contributed by atoms with Crippen molar-refractivity contribution >= 4 is 15.9 Å². The fraction of sp³-hybridized carbons (Fsp3) is 0.538. The number of benzene rings is 1. The standard InChI is InChI=1S/C13H17BrFNO2/c1-17-11-7-10(15)12(14)9(13(11)18-2)6-8-4-3-5-16-8/h7-8,16H,3-6H2,1-2H3. The lowest BCUT2D eigenvalue weighted by atomic mass is 10.0. The van der Waals surface area contributed by atoms with Crippen molar-refractivity contribution in [2.24, 2.45) is 0 Å². The molecule has 18 heavy (non-hydrogen) atoms. The van der Waals surface area contributed by atoms with Gasteiger partial charge in [0, 0.05) is 17.7 Å². The van der Waals surface area contributed by atoms with Crippen LogP contribution in [0.1, 0.15) is 18.4 Å². The number of rotatable bonds is 4. The van der Waals surface area contributed by atoms with E-state index in [0.29, 0.717) is 22.0 Å². The molecule has 0 spiro atoms. The second-order valence-corrected chi connectivity index (χ2v) is 5.18. The fourth-order valence-corrected chi connectivity index (χ4v) is 2.83. The fourth-order valence-electron chi connectivity index (χ4n) is 2.37. The van der Waals surface area contributed by atoms with Gasteiger partial charge in [-0.15, -0.1) is 0 Å². The van der Waals surface area contributed by atoms with Crippen LogP contribution in [0.25, 0.3) is 0 Å². The van der Waals surface area contributed by atoms with Crippen LogP contribution in [-0.4, -0.2) is 26.8 Å². The Labute approximate surface area is 115 Å². The third-order valence-corrected chi connectivity index (χ3v) is 4.12. The summed E-state index contributed by atoms with van der Waals surface area (Å²) in [5.41, 5.74) is 0.828. The van der Waals surface area contributed by atoms with E-state index in [1.807, 2.05) is 0 Å². The lowest BCUT2D eigenvalue weighted by Gasteiger charge is -2.18. The molecule has 1 unspecified atom stereocenters. The average Bonchev–Trinajstić information content (AvgIpc) is 2.87. The Kier molecular flexibility index (Phi) is 4.45. The van der Waals surface area contributed by atoms with Gasteiger partial charge in [-0.3, -0.25) is 0 Å². The Bertz CT molecular complexity index is 433. The normalized spacial score (nSPS) is 19.0. The smallest absolute Gasteiger partial charge is 0.165 e. The maximum absolute atomic E-state index is 13.8. The summed E-state index contributed by atoms with van der Waals surface area (Å²) in [4.78, 5) is 0. The van der Waals surface area contributed by atoms with Crippen LogP contribution in [0.15, 0.2) is 10.5 Å². The van der Waals surface area contributed by atoms with Crippen molar-refractivity contribution in [1.82, 2.24) is 5.32 Å². The highest BCUT2D eigenvalue weighted by molar-refractivity contribution is 9.10. The molecule has 0 bridgehead atoms. The molecule has 1 aliphatic heterocycles. The van der Waals surface area contributed by atoms with E-state index in [1.165, 1.54) is 13.2 Å². The Morgan fingerprint density at radius 2 is 2.22 bits per heavy atom. The monoisotopic (exact) mass is 317 g/mol. The summed E-state index contributed by atoms with van der Waals surface area (Å²) in [6.07, 6.45) is 3.00. The molecular formula is C13H17BrFNO2. The molecule has 1 saturated heterocycles. The van der Waals surface area contributed by atoms with E-state index in [0.717, 1.165) is 31.4 Å². The highest BCUT2D eigenvalue weighted by atomic mass is 79.9. The van der Waals surface area contributed by atoms with Gasteiger partial charge in [-0.2, -0.15) is 0 Å². The molecule has 100 valence electrons. The zero-order valence-corrected chi connectivity index (χ0v) is 12.1. The first-order chi connectivity index (χ1) is 8.67. The predicted octanol–water partition coefficient (Wildman–Crippen LogP) is 2.90. The van der Waals surface area contributed by atoms with E-state index < -0.39 is 0 Å². The molecule has 1 heterocycles. The van der Waals surface area contributed by atoms with Crippen LogP contribution in [0.5, 0.6) is 11.5 Å². The lowest BCUT2D eigenvalue weighted by Crippen LogP contribution is -2.24. The second-order valence-electron chi connectivity index (χ2n) is 4.38. The third-order valence-electron chi connectivity index (χ3n) is 3.27. The number of ether oxygens (including phenoxy) is 2. The molecule has 1 fully saturated rings. The van der Waals surface area contributed by atoms with Gasteiger partial charge in [0.2, 0.25) is 0 Å². The molecule has 1 aromatic carbocycles. The van der Waals surface area contributed by atoms with E-state index in [1.54, 1.807) is 7.11 Å². The predicted molar refractivity (Wildman–Crippen MR) is 71.9 cm³/mol. The molecule has 5 heteroatoms. The Balaban J connectivity index is 2.38. The maximum atomic E-state index is 13.8. The van der Waals surface area contributed by atoms with Gasteiger partial charge >= 0.3 is 0 Å². The van der Waals surface area contributed by atoms with Crippen LogP contribution in [0, 0.1) is 5.82 Å². The van der Waals surface area contributed by atoms with E-state index in [4.69, 9.17) is 9.47 Å². The summed E-state index contributed by atoms with van der Waals surface area (Å²) >= 11 is 3.30. The molecule has 3 nitrogen and oxygen atoms in total. The van der Waals surface area contributed by atoms with Crippen LogP contribution < -0.4 is 14.8 Å². The van der Waals surface area contributed by atoms with Crippen molar-refractivity contribution in [2.75, 3.05) is 20.8 Å². The average molecular weight is 318 g/mol. The zero-order valence-electron chi connectivity index (χ0n) is 10.6. The van der Waals surface area contributed by atoms with Crippen LogP contribution in [0.2, 0.25) is 0 Å². The second kappa shape index (κ2) is 5.89. The Morgan fingerprint density at radius 1 is 1.44 bits per heavy atom. The quantitative estimate of drug-likeness (QED) is 0.926. The van der Waals surface area contributed by atoms with Crippen molar-refractivity contribution < 1.29 is 13.9 Å². The highest BCUT2D eigenvalue weighted by Crippen LogP contribution is 2.39. The van der Waals surface area contributed by atoms with E-state index >= 15 is 0 Å². The van der Waals surface area contributed by atoms with Gasteiger partial charge in [-0.05, 0) is 41.7 Å². The summed E-state index contributed by atoms with van der Waals surface area (Å²) in [7, 11) is 3.09. The Hall–Kier alpha value is -0.810. The first-order valence-electron chi connectivity index (χ1n) is 5.99. The summed E-state index contributed by atoms with van der Waals surface area (Å²) in [5.74, 6) is 0.728. The minimum Gasteiger partial charge on any atom is -0.493 e. The van der Waals surface area contributed by atoms with E-state index in [-0.39, 0.29) is 5.82 Å². The third kappa shape index (κ3) is 2.62. The molecule has 0 radical (unpaired) electrons. The molecular weight excluding hydrogens is 301 g/mol. The largest absolute Gasteiger partial charge is 0.493 e. The van der Waals surface area contributed by atoms with Gasteiger partial charge in [0.25, 0.3) is 0 Å². The van der Waals surface area contributed by atoms with Crippen molar-refractivity contribution in [1.29, 1.82) is 0 Å². The summed E-state index contributed by atoms with van der Waals surface area (Å²) in [6.45, 7) is 1.02. The summed E-state index contributed by atoms with van der Waals surface area (Å²) < 4.78 is 24.8. The maximum Gasteiger partial charge on any atom is 0.165 e. The topological polar surface area (TPSA) is 30.5 Å². The van der Waals surface area contributed by atoms with Crippen LogP contribution in [-0.2, 0) is 6.42 Å². The minimum absolute atomic E-state index is 0.319. The summed E-state index contributed by atoms with van der Waals surface area (Å²) in [6, 6.07) is 1.72. The van der Waals surface area contributed by atoms with E-state index in [9.17, 15) is 4.39 Å². The van der Waals surface area contributed by atoms with Crippen molar-refractivity contribution in [3.8, 4) is 11.5 Å². The Morgan fingerprint density at radius 3 is 2.78 bits per heavy atom. The first-order valence-corrected chi connectivity index (χ1v) is 6.79. The molecule has 1 N–H and O–H groups in total. The summed E-state index contributed by atoms with van der Waals surface area (Å²) in [5, 5.41) is 3.40. The number of hydrogen-bond acceptors (Lipinski definition) is 3. The van der Waals surface area contributed by atoms with Gasteiger partial charge in [0.05, 0.1) is 18.7 Å². The number of methoxy groups -OCH3 is 2. The van der Waals surface area contributed by atoms with Crippen LogP contribution in [0.3, 0.4) is 0 Å². The van der Waals surface area contributed by atoms with Crippen molar-refractivity contribution in [2.45, 2.75) is 25.3 Å². The van der Waals surface area contributed by atoms with Gasteiger partial charge in [0.15, 0.2) is 11.5 Å². The number of halogens is 2. The van der Waals surface area contributed by atoms with Crippen molar-refractivity contribution in [3.05, 3.63) is 21.9 Å². The number of hydrogen-bond donors (Lipinski definition) is 1. The first kappa shape index (κ1) is 13.6. The van der Waals surface area contributed by atoms with Crippen LogP contribution in [0.4, 0.5) is 4.39 Å². The van der Waals surface area contributed by atoms with Gasteiger partial charge < -0.3 is 14.8 Å². The minimum atomic E-state index is -0.319. The molecule has 2 rings (SSSR count). The molecule has 1 atom stereocenters. The zero-order chi connectivity index (χ0) is 13.1. The van der Waals surface area contributed by atoms with Gasteiger partial charge in [-0.25, -0.2) is 4.39 Å². The highest BCUT2D eigenvalue weighted by Gasteiger charge is 2.23. The number of nitrogens with one attached hydrogen (secondary N) is 1. The SMILES string of the molecule is COc1cc(F)c(Br)c(CC2CCCN2)c1OC. The molecule has 0 saturated carbocycles. The van der Waals surface area contributed by atoms with Gasteiger partial charge in [-0.1, -0.05) is 0 Å². The molecule has 0 amide bonds.